The fourth-order valence-corrected chi connectivity index (χ4v) is 4.64. The van der Waals surface area contributed by atoms with Crippen molar-refractivity contribution in [2.75, 3.05) is 0 Å². The van der Waals surface area contributed by atoms with Gasteiger partial charge in [0.2, 0.25) is 0 Å². The highest BCUT2D eigenvalue weighted by molar-refractivity contribution is 5.79. The molecule has 0 aromatic carbocycles. The number of Topliss-reactive ketones (excluding diaryl/α,β-unsaturated/α-hetero) is 1. The smallest absolute Gasteiger partial charge is 0.133 e. The summed E-state index contributed by atoms with van der Waals surface area (Å²) >= 11 is 0. The molecule has 0 amide bonds. The van der Waals surface area contributed by atoms with Gasteiger partial charge in [-0.3, -0.25) is 4.79 Å². The molecular formula is C13H20O. The van der Waals surface area contributed by atoms with E-state index < -0.39 is 0 Å². The number of carbonyl (C=O) groups excluding carboxylic acids is 1. The van der Waals surface area contributed by atoms with Gasteiger partial charge in [0.15, 0.2) is 0 Å². The molecule has 3 saturated carbocycles. The minimum Gasteiger partial charge on any atom is -0.300 e. The Kier molecular flexibility index (Phi) is 1.55. The minimum atomic E-state index is 0.439. The van der Waals surface area contributed by atoms with Crippen LogP contribution in [-0.2, 0) is 4.79 Å². The Morgan fingerprint density at radius 2 is 2.00 bits per heavy atom. The second-order valence-electron chi connectivity index (χ2n) is 6.42. The molecule has 3 fully saturated rings. The van der Waals surface area contributed by atoms with Crippen LogP contribution >= 0.6 is 0 Å². The van der Waals surface area contributed by atoms with Crippen molar-refractivity contribution in [3.8, 4) is 0 Å². The van der Waals surface area contributed by atoms with Gasteiger partial charge in [-0.05, 0) is 55.3 Å². The molecule has 5 atom stereocenters. The van der Waals surface area contributed by atoms with Gasteiger partial charge < -0.3 is 0 Å². The third-order valence-electron chi connectivity index (χ3n) is 5.28. The summed E-state index contributed by atoms with van der Waals surface area (Å²) in [6.45, 7) is 6.61. The Balaban J connectivity index is 1.88. The maximum atomic E-state index is 11.5. The van der Waals surface area contributed by atoms with Crippen LogP contribution in [0.2, 0.25) is 0 Å². The molecule has 0 radical (unpaired) electrons. The van der Waals surface area contributed by atoms with E-state index in [0.717, 1.165) is 23.7 Å². The van der Waals surface area contributed by atoms with Gasteiger partial charge in [0, 0.05) is 5.92 Å². The fourth-order valence-electron chi connectivity index (χ4n) is 4.64. The molecule has 0 saturated heterocycles. The van der Waals surface area contributed by atoms with Crippen LogP contribution in [0, 0.1) is 35.0 Å². The quantitative estimate of drug-likeness (QED) is 0.624. The molecule has 0 aliphatic heterocycles. The van der Waals surface area contributed by atoms with Crippen molar-refractivity contribution in [1.82, 2.24) is 0 Å². The summed E-state index contributed by atoms with van der Waals surface area (Å²) in [5, 5.41) is 0. The van der Waals surface area contributed by atoms with Gasteiger partial charge in [0.05, 0.1) is 0 Å². The molecule has 0 aromatic heterocycles. The van der Waals surface area contributed by atoms with E-state index in [4.69, 9.17) is 0 Å². The highest BCUT2D eigenvalue weighted by atomic mass is 16.1. The van der Waals surface area contributed by atoms with Crippen LogP contribution < -0.4 is 0 Å². The lowest BCUT2D eigenvalue weighted by Gasteiger charge is -2.36. The number of fused-ring (bicyclic) bond motifs is 1. The van der Waals surface area contributed by atoms with Crippen LogP contribution in [0.15, 0.2) is 0 Å². The van der Waals surface area contributed by atoms with E-state index >= 15 is 0 Å². The molecule has 0 aromatic rings. The second-order valence-corrected chi connectivity index (χ2v) is 6.42. The van der Waals surface area contributed by atoms with E-state index in [0.29, 0.717) is 17.1 Å². The largest absolute Gasteiger partial charge is 0.300 e. The molecule has 1 heteroatoms. The van der Waals surface area contributed by atoms with E-state index in [1.54, 1.807) is 6.92 Å². The lowest BCUT2D eigenvalue weighted by atomic mass is 9.69. The van der Waals surface area contributed by atoms with Crippen LogP contribution in [-0.4, -0.2) is 5.78 Å². The Hall–Kier alpha value is -0.330. The van der Waals surface area contributed by atoms with Crippen LogP contribution in [0.3, 0.4) is 0 Å². The first-order valence-electron chi connectivity index (χ1n) is 6.03. The van der Waals surface area contributed by atoms with Gasteiger partial charge in [-0.1, -0.05) is 13.8 Å². The first-order valence-corrected chi connectivity index (χ1v) is 6.03. The molecule has 1 nitrogen and oxygen atoms in total. The highest BCUT2D eigenvalue weighted by Gasteiger charge is 2.69. The normalized spacial score (nSPS) is 52.6. The first-order chi connectivity index (χ1) is 6.52. The Labute approximate surface area is 86.3 Å². The number of rotatable bonds is 1. The highest BCUT2D eigenvalue weighted by Crippen LogP contribution is 2.73. The molecule has 14 heavy (non-hydrogen) atoms. The lowest BCUT2D eigenvalue weighted by molar-refractivity contribution is -0.121. The summed E-state index contributed by atoms with van der Waals surface area (Å²) in [4.78, 5) is 11.5. The van der Waals surface area contributed by atoms with Crippen LogP contribution in [0.25, 0.3) is 0 Å². The zero-order chi connectivity index (χ0) is 10.1. The van der Waals surface area contributed by atoms with Crippen LogP contribution in [0.5, 0.6) is 0 Å². The standard InChI is InChI=1S/C13H20O/c1-7(14)9-6-8-4-5-13(2,3)12-10(8)11(9)12/h8-12H,4-6H2,1-3H3. The van der Waals surface area contributed by atoms with Crippen molar-refractivity contribution in [2.45, 2.75) is 40.0 Å². The Morgan fingerprint density at radius 1 is 1.29 bits per heavy atom. The van der Waals surface area contributed by atoms with Gasteiger partial charge >= 0.3 is 0 Å². The summed E-state index contributed by atoms with van der Waals surface area (Å²) in [7, 11) is 0. The number of carbonyl (C=O) groups is 1. The monoisotopic (exact) mass is 192 g/mol. The average molecular weight is 192 g/mol. The molecule has 3 aliphatic rings. The summed E-state index contributed by atoms with van der Waals surface area (Å²) in [5.41, 5.74) is 0.528. The van der Waals surface area contributed by atoms with E-state index in [1.165, 1.54) is 19.3 Å². The molecule has 0 heterocycles. The van der Waals surface area contributed by atoms with Crippen LogP contribution in [0.1, 0.15) is 40.0 Å². The molecule has 3 aliphatic carbocycles. The Bertz CT molecular complexity index is 292. The summed E-state index contributed by atoms with van der Waals surface area (Å²) in [5.74, 6) is 4.43. The topological polar surface area (TPSA) is 17.1 Å². The van der Waals surface area contributed by atoms with Crippen molar-refractivity contribution < 1.29 is 4.79 Å². The lowest BCUT2D eigenvalue weighted by Crippen LogP contribution is -2.28. The number of hydrogen-bond donors (Lipinski definition) is 0. The predicted octanol–water partition coefficient (Wildman–Crippen LogP) is 2.89. The van der Waals surface area contributed by atoms with Gasteiger partial charge in [0.25, 0.3) is 0 Å². The van der Waals surface area contributed by atoms with Gasteiger partial charge in [-0.2, -0.15) is 0 Å². The summed E-state index contributed by atoms with van der Waals surface area (Å²) in [6.07, 6.45) is 3.99. The third kappa shape index (κ3) is 0.936. The molecule has 0 bridgehead atoms. The molecular weight excluding hydrogens is 172 g/mol. The molecule has 0 spiro atoms. The average Bonchev–Trinajstić information content (AvgIpc) is 2.71. The van der Waals surface area contributed by atoms with Crippen molar-refractivity contribution in [1.29, 1.82) is 0 Å². The minimum absolute atomic E-state index is 0.439. The maximum absolute atomic E-state index is 11.5. The second kappa shape index (κ2) is 2.43. The van der Waals surface area contributed by atoms with E-state index in [1.807, 2.05) is 0 Å². The first kappa shape index (κ1) is 8.94. The zero-order valence-corrected chi connectivity index (χ0v) is 9.42. The number of ketones is 1. The third-order valence-corrected chi connectivity index (χ3v) is 5.28. The van der Waals surface area contributed by atoms with E-state index in [9.17, 15) is 4.79 Å². The van der Waals surface area contributed by atoms with Crippen molar-refractivity contribution in [3.63, 3.8) is 0 Å². The van der Waals surface area contributed by atoms with Crippen molar-refractivity contribution in [2.24, 2.45) is 35.0 Å². The van der Waals surface area contributed by atoms with Crippen LogP contribution in [0.4, 0.5) is 0 Å². The summed E-state index contributed by atoms with van der Waals surface area (Å²) in [6, 6.07) is 0. The van der Waals surface area contributed by atoms with E-state index in [2.05, 4.69) is 13.8 Å². The molecule has 78 valence electrons. The van der Waals surface area contributed by atoms with Crippen molar-refractivity contribution >= 4 is 5.78 Å². The van der Waals surface area contributed by atoms with Gasteiger partial charge in [-0.15, -0.1) is 0 Å². The SMILES string of the molecule is CC(=O)C1CC2CCC(C)(C)C3C2C13. The van der Waals surface area contributed by atoms with Crippen molar-refractivity contribution in [3.05, 3.63) is 0 Å². The van der Waals surface area contributed by atoms with Gasteiger partial charge in [-0.25, -0.2) is 0 Å². The number of hydrogen-bond acceptors (Lipinski definition) is 1. The molecule has 3 rings (SSSR count). The van der Waals surface area contributed by atoms with Gasteiger partial charge in [0.1, 0.15) is 5.78 Å². The van der Waals surface area contributed by atoms with E-state index in [-0.39, 0.29) is 0 Å². The maximum Gasteiger partial charge on any atom is 0.133 e. The fraction of sp³-hybridized carbons (Fsp3) is 0.923. The molecule has 0 N–H and O–H groups in total. The summed E-state index contributed by atoms with van der Waals surface area (Å²) < 4.78 is 0. The Morgan fingerprint density at radius 3 is 2.57 bits per heavy atom. The molecule has 5 unspecified atom stereocenters. The predicted molar refractivity (Wildman–Crippen MR) is 55.8 cm³/mol. The zero-order valence-electron chi connectivity index (χ0n) is 9.42.